The number of aromatic nitrogens is 2. The van der Waals surface area contributed by atoms with Crippen LogP contribution in [0.15, 0.2) is 28.2 Å². The van der Waals surface area contributed by atoms with E-state index in [9.17, 15) is 4.79 Å². The average Bonchev–Trinajstić information content (AvgIpc) is 3.06. The van der Waals surface area contributed by atoms with Crippen molar-refractivity contribution >= 4 is 34.0 Å². The van der Waals surface area contributed by atoms with E-state index in [-0.39, 0.29) is 11.8 Å². The Morgan fingerprint density at radius 2 is 2.32 bits per heavy atom. The van der Waals surface area contributed by atoms with E-state index >= 15 is 0 Å². The Kier molecular flexibility index (Phi) is 3.00. The fraction of sp³-hybridized carbons (Fsp3) is 0.312. The largest absolute Gasteiger partial charge is 0.336 e. The molecule has 1 fully saturated rings. The molecule has 0 bridgehead atoms. The van der Waals surface area contributed by atoms with Crippen molar-refractivity contribution in [2.45, 2.75) is 26.2 Å². The Hall–Kier alpha value is -2.21. The maximum Gasteiger partial charge on any atom is 0.258 e. The van der Waals surface area contributed by atoms with Crippen molar-refractivity contribution in [2.75, 3.05) is 5.32 Å². The van der Waals surface area contributed by atoms with Crippen LogP contribution in [0.3, 0.4) is 0 Å². The molecule has 4 rings (SSSR count). The third kappa shape index (κ3) is 2.20. The highest BCUT2D eigenvalue weighted by Gasteiger charge is 2.45. The van der Waals surface area contributed by atoms with Gasteiger partial charge in [0.05, 0.1) is 23.0 Å². The average molecular weight is 313 g/mol. The first-order chi connectivity index (χ1) is 10.6. The number of nitrogens with one attached hydrogen (secondary N) is 1. The summed E-state index contributed by atoms with van der Waals surface area (Å²) in [6.07, 6.45) is 2.54. The van der Waals surface area contributed by atoms with Crippen LogP contribution in [0.5, 0.6) is 0 Å². The van der Waals surface area contributed by atoms with Gasteiger partial charge in [0, 0.05) is 16.7 Å². The number of pyridine rings is 1. The number of aryl methyl sites for hydroxylation is 2. The molecule has 5 nitrogen and oxygen atoms in total. The van der Waals surface area contributed by atoms with Gasteiger partial charge in [-0.1, -0.05) is 5.16 Å². The van der Waals surface area contributed by atoms with Crippen molar-refractivity contribution in [3.8, 4) is 0 Å². The van der Waals surface area contributed by atoms with Crippen molar-refractivity contribution in [1.82, 2.24) is 10.1 Å². The smallest absolute Gasteiger partial charge is 0.258 e. The molecule has 2 unspecified atom stereocenters. The summed E-state index contributed by atoms with van der Waals surface area (Å²) in [6.45, 7) is 3.96. The monoisotopic (exact) mass is 313 g/mol. The van der Waals surface area contributed by atoms with Crippen molar-refractivity contribution in [1.29, 1.82) is 0 Å². The topological polar surface area (TPSA) is 68.0 Å². The molecule has 1 aliphatic carbocycles. The molecule has 2 atom stereocenters. The SMILES string of the molecule is Cc1ccsc1C1CC1C(=O)Nc1cnc2onc(C)c2c1. The molecular weight excluding hydrogens is 298 g/mol. The lowest BCUT2D eigenvalue weighted by Gasteiger charge is -2.04. The second-order valence-electron chi connectivity index (χ2n) is 5.75. The second kappa shape index (κ2) is 4.91. The van der Waals surface area contributed by atoms with Gasteiger partial charge in [-0.05, 0) is 43.3 Å². The van der Waals surface area contributed by atoms with E-state index in [1.807, 2.05) is 13.0 Å². The van der Waals surface area contributed by atoms with E-state index in [2.05, 4.69) is 33.8 Å². The van der Waals surface area contributed by atoms with E-state index in [0.717, 1.165) is 17.5 Å². The molecule has 0 aromatic carbocycles. The third-order valence-electron chi connectivity index (χ3n) is 4.14. The maximum atomic E-state index is 12.4. The quantitative estimate of drug-likeness (QED) is 0.801. The number of nitrogens with zero attached hydrogens (tertiary/aromatic N) is 2. The fourth-order valence-electron chi connectivity index (χ4n) is 2.79. The van der Waals surface area contributed by atoms with Crippen LogP contribution in [-0.4, -0.2) is 16.0 Å². The van der Waals surface area contributed by atoms with Crippen LogP contribution >= 0.6 is 11.3 Å². The number of amides is 1. The first kappa shape index (κ1) is 13.5. The van der Waals surface area contributed by atoms with Gasteiger partial charge in [0.15, 0.2) is 0 Å². The van der Waals surface area contributed by atoms with Crippen LogP contribution in [0.1, 0.15) is 28.5 Å². The highest BCUT2D eigenvalue weighted by Crippen LogP contribution is 2.50. The van der Waals surface area contributed by atoms with E-state index in [0.29, 0.717) is 17.3 Å². The molecule has 0 spiro atoms. The zero-order chi connectivity index (χ0) is 15.3. The van der Waals surface area contributed by atoms with Gasteiger partial charge in [-0.25, -0.2) is 4.98 Å². The molecule has 3 aromatic heterocycles. The molecule has 1 N–H and O–H groups in total. The molecule has 0 aliphatic heterocycles. The number of rotatable bonds is 3. The lowest BCUT2D eigenvalue weighted by Crippen LogP contribution is -2.14. The number of fused-ring (bicyclic) bond motifs is 1. The van der Waals surface area contributed by atoms with Crippen LogP contribution in [0, 0.1) is 19.8 Å². The summed E-state index contributed by atoms with van der Waals surface area (Å²) in [5.41, 5.74) is 3.25. The number of hydrogen-bond donors (Lipinski definition) is 1. The lowest BCUT2D eigenvalue weighted by molar-refractivity contribution is -0.117. The van der Waals surface area contributed by atoms with Crippen molar-refractivity contribution in [3.63, 3.8) is 0 Å². The van der Waals surface area contributed by atoms with Crippen molar-refractivity contribution < 1.29 is 9.32 Å². The minimum Gasteiger partial charge on any atom is -0.336 e. The van der Waals surface area contributed by atoms with Gasteiger partial charge in [-0.15, -0.1) is 11.3 Å². The predicted octanol–water partition coefficient (Wildman–Crippen LogP) is 3.64. The van der Waals surface area contributed by atoms with Gasteiger partial charge >= 0.3 is 0 Å². The Bertz CT molecular complexity index is 867. The number of anilines is 1. The maximum absolute atomic E-state index is 12.4. The van der Waals surface area contributed by atoms with Crippen molar-refractivity contribution in [3.05, 3.63) is 39.8 Å². The van der Waals surface area contributed by atoms with E-state index in [1.54, 1.807) is 17.5 Å². The van der Waals surface area contributed by atoms with Gasteiger partial charge in [-0.2, -0.15) is 0 Å². The van der Waals surface area contributed by atoms with E-state index in [4.69, 9.17) is 4.52 Å². The standard InChI is InChI=1S/C16H15N3O2S/c1-8-3-4-22-14(8)12-6-13(12)15(20)18-10-5-11-9(2)19-21-16(11)17-7-10/h3-5,7,12-13H,6H2,1-2H3,(H,18,20). The number of carbonyl (C=O) groups is 1. The van der Waals surface area contributed by atoms with Gasteiger partial charge < -0.3 is 9.84 Å². The molecule has 0 saturated heterocycles. The first-order valence-electron chi connectivity index (χ1n) is 7.20. The number of hydrogen-bond acceptors (Lipinski definition) is 5. The Morgan fingerprint density at radius 1 is 1.45 bits per heavy atom. The molecular formula is C16H15N3O2S. The summed E-state index contributed by atoms with van der Waals surface area (Å²) in [7, 11) is 0. The van der Waals surface area contributed by atoms with Gasteiger partial charge in [0.1, 0.15) is 0 Å². The predicted molar refractivity (Wildman–Crippen MR) is 85.1 cm³/mol. The zero-order valence-corrected chi connectivity index (χ0v) is 13.1. The van der Waals surface area contributed by atoms with Crippen LogP contribution in [0.2, 0.25) is 0 Å². The van der Waals surface area contributed by atoms with Crippen LogP contribution in [-0.2, 0) is 4.79 Å². The summed E-state index contributed by atoms with van der Waals surface area (Å²) in [5.74, 6) is 0.499. The molecule has 22 heavy (non-hydrogen) atoms. The second-order valence-corrected chi connectivity index (χ2v) is 6.70. The highest BCUT2D eigenvalue weighted by atomic mass is 32.1. The fourth-order valence-corrected chi connectivity index (χ4v) is 3.90. The minimum absolute atomic E-state index is 0.0630. The molecule has 3 aromatic rings. The third-order valence-corrected chi connectivity index (χ3v) is 5.29. The van der Waals surface area contributed by atoms with E-state index in [1.165, 1.54) is 10.4 Å². The van der Waals surface area contributed by atoms with Gasteiger partial charge in [0.25, 0.3) is 5.71 Å². The normalized spacial score (nSPS) is 20.3. The summed E-state index contributed by atoms with van der Waals surface area (Å²) < 4.78 is 5.08. The van der Waals surface area contributed by atoms with Crippen LogP contribution in [0.4, 0.5) is 5.69 Å². The summed E-state index contributed by atoms with van der Waals surface area (Å²) in [5, 5.41) is 9.75. The zero-order valence-electron chi connectivity index (χ0n) is 12.3. The number of carbonyl (C=O) groups excluding carboxylic acids is 1. The first-order valence-corrected chi connectivity index (χ1v) is 8.08. The Morgan fingerprint density at radius 3 is 3.09 bits per heavy atom. The molecule has 3 heterocycles. The molecule has 1 amide bonds. The number of thiophene rings is 1. The van der Waals surface area contributed by atoms with Gasteiger partial charge in [-0.3, -0.25) is 4.79 Å². The highest BCUT2D eigenvalue weighted by molar-refractivity contribution is 7.10. The molecule has 1 aliphatic rings. The van der Waals surface area contributed by atoms with Gasteiger partial charge in [0.2, 0.25) is 5.91 Å². The van der Waals surface area contributed by atoms with E-state index < -0.39 is 0 Å². The van der Waals surface area contributed by atoms with Crippen LogP contribution in [0.25, 0.3) is 11.1 Å². The Balaban J connectivity index is 1.50. The van der Waals surface area contributed by atoms with Crippen molar-refractivity contribution in [2.24, 2.45) is 5.92 Å². The lowest BCUT2D eigenvalue weighted by atomic mass is 10.2. The molecule has 112 valence electrons. The molecule has 6 heteroatoms. The molecule has 1 saturated carbocycles. The summed E-state index contributed by atoms with van der Waals surface area (Å²) in [6, 6.07) is 3.97. The Labute approximate surface area is 131 Å². The summed E-state index contributed by atoms with van der Waals surface area (Å²) >= 11 is 1.74. The minimum atomic E-state index is 0.0630. The molecule has 0 radical (unpaired) electrons. The van der Waals surface area contributed by atoms with Crippen LogP contribution < -0.4 is 5.32 Å². The summed E-state index contributed by atoms with van der Waals surface area (Å²) in [4.78, 5) is 17.9.